The van der Waals surface area contributed by atoms with Crippen LogP contribution in [0.5, 0.6) is 0 Å². The van der Waals surface area contributed by atoms with Crippen LogP contribution < -0.4 is 5.32 Å². The van der Waals surface area contributed by atoms with Crippen LogP contribution in [-0.4, -0.2) is 42.5 Å². The van der Waals surface area contributed by atoms with Crippen molar-refractivity contribution in [3.05, 3.63) is 6.67 Å². The van der Waals surface area contributed by atoms with Crippen molar-refractivity contribution in [1.29, 1.82) is 0 Å². The van der Waals surface area contributed by atoms with Crippen molar-refractivity contribution in [2.75, 3.05) is 26.2 Å². The van der Waals surface area contributed by atoms with Crippen LogP contribution in [0.2, 0.25) is 0 Å². The Kier molecular flexibility index (Phi) is 1.56. The molecule has 4 nitrogen and oxygen atoms in total. The van der Waals surface area contributed by atoms with E-state index in [0.29, 0.717) is 0 Å². The van der Waals surface area contributed by atoms with Crippen LogP contribution in [0.1, 0.15) is 0 Å². The monoisotopic (exact) mass is 138 g/mol. The van der Waals surface area contributed by atoms with E-state index in [9.17, 15) is 0 Å². The van der Waals surface area contributed by atoms with Crippen LogP contribution in [0, 0.1) is 6.67 Å². The first-order valence-corrected chi connectivity index (χ1v) is 3.49. The predicted octanol–water partition coefficient (Wildman–Crippen LogP) is -0.853. The SMILES string of the molecule is [CH]1N2CCN12.[C]1=NCCN1. The van der Waals surface area contributed by atoms with E-state index in [0.717, 1.165) is 13.1 Å². The summed E-state index contributed by atoms with van der Waals surface area (Å²) in [6.07, 6.45) is 2.60. The molecule has 3 rings (SSSR count). The lowest BCUT2D eigenvalue weighted by atomic mass is 10.6. The van der Waals surface area contributed by atoms with E-state index < -0.39 is 0 Å². The number of aliphatic imine (C=N–C) groups is 1. The summed E-state index contributed by atoms with van der Waals surface area (Å²) >= 11 is 0. The smallest absolute Gasteiger partial charge is 0.164 e. The van der Waals surface area contributed by atoms with Gasteiger partial charge in [0, 0.05) is 19.6 Å². The third-order valence-electron chi connectivity index (χ3n) is 1.61. The van der Waals surface area contributed by atoms with E-state index in [1.165, 1.54) is 13.1 Å². The lowest BCUT2D eigenvalue weighted by molar-refractivity contribution is 0.197. The highest BCUT2D eigenvalue weighted by Gasteiger charge is 2.40. The van der Waals surface area contributed by atoms with Gasteiger partial charge in [0.15, 0.2) is 6.34 Å². The Bertz CT molecular complexity index is 127. The van der Waals surface area contributed by atoms with Crippen molar-refractivity contribution < 1.29 is 0 Å². The Morgan fingerprint density at radius 1 is 1.40 bits per heavy atom. The maximum atomic E-state index is 3.72. The number of fused-ring (bicyclic) bond motifs is 1. The number of hydrogen-bond acceptors (Lipinski definition) is 4. The number of nitrogens with zero attached hydrogens (tertiary/aromatic N) is 3. The Labute approximate surface area is 60.5 Å². The number of hydrazine groups is 1. The molecule has 4 heteroatoms. The summed E-state index contributed by atoms with van der Waals surface area (Å²) < 4.78 is 0. The topological polar surface area (TPSA) is 30.4 Å². The van der Waals surface area contributed by atoms with Gasteiger partial charge >= 0.3 is 0 Å². The minimum atomic E-state index is 0.903. The van der Waals surface area contributed by atoms with Gasteiger partial charge in [-0.15, -0.1) is 0 Å². The van der Waals surface area contributed by atoms with Crippen LogP contribution in [0.25, 0.3) is 0 Å². The minimum absolute atomic E-state index is 0.903. The van der Waals surface area contributed by atoms with E-state index in [4.69, 9.17) is 0 Å². The molecule has 0 bridgehead atoms. The molecule has 10 heavy (non-hydrogen) atoms. The molecular formula is C6H10N4. The summed E-state index contributed by atoms with van der Waals surface area (Å²) in [7, 11) is 0. The Morgan fingerprint density at radius 2 is 2.20 bits per heavy atom. The third kappa shape index (κ3) is 1.27. The van der Waals surface area contributed by atoms with Crippen molar-refractivity contribution in [3.8, 4) is 0 Å². The normalized spacial score (nSPS) is 38.4. The molecule has 1 N–H and O–H groups in total. The molecule has 3 aliphatic rings. The van der Waals surface area contributed by atoms with E-state index in [-0.39, 0.29) is 0 Å². The highest BCUT2D eigenvalue weighted by atomic mass is 15.9. The first-order valence-electron chi connectivity index (χ1n) is 3.49. The lowest BCUT2D eigenvalue weighted by Gasteiger charge is -2.10. The van der Waals surface area contributed by atoms with Gasteiger partial charge in [-0.25, -0.2) is 10.0 Å². The van der Waals surface area contributed by atoms with Gasteiger partial charge in [-0.2, -0.15) is 0 Å². The molecule has 0 aromatic carbocycles. The number of rotatable bonds is 0. The second-order valence-electron chi connectivity index (χ2n) is 2.36. The molecule has 0 amide bonds. The Morgan fingerprint density at radius 3 is 2.30 bits per heavy atom. The first kappa shape index (κ1) is 6.12. The molecule has 2 atom stereocenters. The Hall–Kier alpha value is -0.610. The van der Waals surface area contributed by atoms with Gasteiger partial charge in [-0.1, -0.05) is 0 Å². The second-order valence-corrected chi connectivity index (χ2v) is 2.36. The molecule has 54 valence electrons. The fourth-order valence-corrected chi connectivity index (χ4v) is 0.857. The number of nitrogens with one attached hydrogen (secondary N) is 1. The average molecular weight is 138 g/mol. The quantitative estimate of drug-likeness (QED) is 0.442. The number of hydrogen-bond donors (Lipinski definition) is 1. The lowest BCUT2D eigenvalue weighted by Crippen LogP contribution is -2.26. The minimum Gasteiger partial charge on any atom is -0.365 e. The molecule has 0 spiro atoms. The van der Waals surface area contributed by atoms with E-state index >= 15 is 0 Å². The molecule has 0 aromatic heterocycles. The molecule has 2 saturated heterocycles. The summed E-state index contributed by atoms with van der Waals surface area (Å²) in [6, 6.07) is 0. The van der Waals surface area contributed by atoms with Crippen molar-refractivity contribution >= 4 is 6.34 Å². The summed E-state index contributed by atoms with van der Waals surface area (Å²) in [5.74, 6) is 0. The third-order valence-corrected chi connectivity index (χ3v) is 1.61. The van der Waals surface area contributed by atoms with Crippen molar-refractivity contribution in [2.24, 2.45) is 4.99 Å². The van der Waals surface area contributed by atoms with Crippen LogP contribution in [0.3, 0.4) is 0 Å². The standard InChI is InChI=1S/2C3H5N2/c1-2-5-3-4(1)5;1-2-5-3-4-1/h3H,1-2H2;1-2H2,(H,4,5). The predicted molar refractivity (Wildman–Crippen MR) is 38.0 cm³/mol. The van der Waals surface area contributed by atoms with Gasteiger partial charge < -0.3 is 5.32 Å². The molecule has 2 unspecified atom stereocenters. The molecular weight excluding hydrogens is 128 g/mol. The van der Waals surface area contributed by atoms with Crippen molar-refractivity contribution in [3.63, 3.8) is 0 Å². The molecule has 3 aliphatic heterocycles. The van der Waals surface area contributed by atoms with Gasteiger partial charge in [0.25, 0.3) is 0 Å². The zero-order chi connectivity index (χ0) is 6.81. The summed E-state index contributed by atoms with van der Waals surface area (Å²) in [5.41, 5.74) is 0. The largest absolute Gasteiger partial charge is 0.365 e. The summed E-state index contributed by atoms with van der Waals surface area (Å²) in [4.78, 5) is 3.72. The van der Waals surface area contributed by atoms with Gasteiger partial charge in [0.2, 0.25) is 0 Å². The van der Waals surface area contributed by atoms with Gasteiger partial charge in [-0.3, -0.25) is 4.99 Å². The van der Waals surface area contributed by atoms with E-state index in [1.807, 2.05) is 0 Å². The summed E-state index contributed by atoms with van der Waals surface area (Å²) in [5, 5.41) is 7.17. The summed E-state index contributed by atoms with van der Waals surface area (Å²) in [6.45, 7) is 6.51. The maximum absolute atomic E-state index is 3.72. The van der Waals surface area contributed by atoms with Gasteiger partial charge in [0.1, 0.15) is 6.67 Å². The van der Waals surface area contributed by atoms with E-state index in [1.54, 1.807) is 0 Å². The van der Waals surface area contributed by atoms with Crippen LogP contribution >= 0.6 is 0 Å². The van der Waals surface area contributed by atoms with Crippen LogP contribution in [0.15, 0.2) is 4.99 Å². The molecule has 2 radical (unpaired) electrons. The fraction of sp³-hybridized carbons (Fsp3) is 0.667. The zero-order valence-corrected chi connectivity index (χ0v) is 5.75. The highest BCUT2D eigenvalue weighted by molar-refractivity contribution is 5.56. The van der Waals surface area contributed by atoms with Crippen molar-refractivity contribution in [1.82, 2.24) is 15.3 Å². The first-order chi connectivity index (χ1) is 4.97. The van der Waals surface area contributed by atoms with Crippen molar-refractivity contribution in [2.45, 2.75) is 0 Å². The molecule has 3 heterocycles. The molecule has 2 fully saturated rings. The molecule has 0 aromatic rings. The van der Waals surface area contributed by atoms with Crippen LogP contribution in [0.4, 0.5) is 0 Å². The zero-order valence-electron chi connectivity index (χ0n) is 5.75. The van der Waals surface area contributed by atoms with Crippen LogP contribution in [-0.2, 0) is 0 Å². The van der Waals surface area contributed by atoms with E-state index in [2.05, 4.69) is 33.3 Å². The highest BCUT2D eigenvalue weighted by Crippen LogP contribution is 2.27. The molecule has 0 aliphatic carbocycles. The molecule has 0 saturated carbocycles. The second kappa shape index (κ2) is 2.56. The van der Waals surface area contributed by atoms with Gasteiger partial charge in [-0.05, 0) is 0 Å². The fourth-order valence-electron chi connectivity index (χ4n) is 0.857. The Balaban J connectivity index is 0.0000000807. The maximum Gasteiger partial charge on any atom is 0.164 e. The van der Waals surface area contributed by atoms with Gasteiger partial charge in [0.05, 0.1) is 6.54 Å². The average Bonchev–Trinajstić information content (AvgIpc) is 2.43.